The maximum Gasteiger partial charge on any atom is 0.163 e. The van der Waals surface area contributed by atoms with Crippen molar-refractivity contribution in [2.24, 2.45) is 5.92 Å². The summed E-state index contributed by atoms with van der Waals surface area (Å²) >= 11 is 0. The summed E-state index contributed by atoms with van der Waals surface area (Å²) in [6.07, 6.45) is 4.45. The Morgan fingerprint density at radius 1 is 1.28 bits per heavy atom. The largest absolute Gasteiger partial charge is 0.384 e. The highest BCUT2D eigenvalue weighted by atomic mass is 14.9. The molecule has 0 aliphatic heterocycles. The van der Waals surface area contributed by atoms with E-state index in [0.717, 1.165) is 23.2 Å². The zero-order valence-electron chi connectivity index (χ0n) is 11.0. The first-order valence-electron chi connectivity index (χ1n) is 6.10. The lowest BCUT2D eigenvalue weighted by molar-refractivity contribution is 0.635. The third-order valence-corrected chi connectivity index (χ3v) is 2.70. The van der Waals surface area contributed by atoms with Gasteiger partial charge in [-0.3, -0.25) is 4.98 Å². The van der Waals surface area contributed by atoms with Gasteiger partial charge in [0.15, 0.2) is 5.82 Å². The Morgan fingerprint density at radius 2 is 2.06 bits per heavy atom. The highest BCUT2D eigenvalue weighted by molar-refractivity contribution is 5.59. The molecule has 0 aliphatic carbocycles. The molecule has 0 atom stereocenters. The number of nitrogen functional groups attached to an aromatic ring is 1. The van der Waals surface area contributed by atoms with E-state index in [-0.39, 0.29) is 0 Å². The molecule has 0 spiro atoms. The van der Waals surface area contributed by atoms with Crippen molar-refractivity contribution in [3.05, 3.63) is 35.8 Å². The number of aromatic nitrogens is 3. The van der Waals surface area contributed by atoms with E-state index in [4.69, 9.17) is 5.73 Å². The quantitative estimate of drug-likeness (QED) is 0.898. The van der Waals surface area contributed by atoms with E-state index in [2.05, 4.69) is 28.8 Å². The van der Waals surface area contributed by atoms with Crippen LogP contribution in [0.3, 0.4) is 0 Å². The number of hydrogen-bond donors (Lipinski definition) is 1. The molecule has 4 nitrogen and oxygen atoms in total. The van der Waals surface area contributed by atoms with Gasteiger partial charge in [-0.05, 0) is 30.9 Å². The average Bonchev–Trinajstić information content (AvgIpc) is 2.27. The lowest BCUT2D eigenvalue weighted by Gasteiger charge is -2.09. The van der Waals surface area contributed by atoms with Gasteiger partial charge < -0.3 is 5.73 Å². The summed E-state index contributed by atoms with van der Waals surface area (Å²) in [7, 11) is 0. The molecule has 0 radical (unpaired) electrons. The van der Waals surface area contributed by atoms with Crippen LogP contribution in [0.5, 0.6) is 0 Å². The minimum Gasteiger partial charge on any atom is -0.384 e. The van der Waals surface area contributed by atoms with Crippen LogP contribution in [-0.4, -0.2) is 15.0 Å². The summed E-state index contributed by atoms with van der Waals surface area (Å²) < 4.78 is 0. The van der Waals surface area contributed by atoms with Crippen LogP contribution in [0.15, 0.2) is 24.5 Å². The Labute approximate surface area is 107 Å². The van der Waals surface area contributed by atoms with Crippen molar-refractivity contribution in [3.8, 4) is 11.4 Å². The highest BCUT2D eigenvalue weighted by Gasteiger charge is 2.09. The van der Waals surface area contributed by atoms with Crippen molar-refractivity contribution in [1.82, 2.24) is 15.0 Å². The molecule has 0 amide bonds. The van der Waals surface area contributed by atoms with Gasteiger partial charge in [0.2, 0.25) is 0 Å². The average molecular weight is 242 g/mol. The fourth-order valence-corrected chi connectivity index (χ4v) is 1.86. The maximum absolute atomic E-state index is 5.85. The van der Waals surface area contributed by atoms with Crippen LogP contribution in [-0.2, 0) is 6.42 Å². The van der Waals surface area contributed by atoms with E-state index in [1.165, 1.54) is 0 Å². The summed E-state index contributed by atoms with van der Waals surface area (Å²) in [4.78, 5) is 13.0. The molecule has 94 valence electrons. The molecular weight excluding hydrogens is 224 g/mol. The lowest BCUT2D eigenvalue weighted by atomic mass is 10.1. The van der Waals surface area contributed by atoms with Gasteiger partial charge in [0.05, 0.1) is 0 Å². The third kappa shape index (κ3) is 2.83. The molecule has 0 saturated heterocycles. The molecule has 0 bridgehead atoms. The monoisotopic (exact) mass is 242 g/mol. The molecule has 2 aromatic heterocycles. The van der Waals surface area contributed by atoms with Gasteiger partial charge in [-0.2, -0.15) is 0 Å². The Morgan fingerprint density at radius 3 is 2.72 bits per heavy atom. The van der Waals surface area contributed by atoms with Crippen molar-refractivity contribution < 1.29 is 0 Å². The smallest absolute Gasteiger partial charge is 0.163 e. The van der Waals surface area contributed by atoms with Gasteiger partial charge in [0.25, 0.3) is 0 Å². The van der Waals surface area contributed by atoms with E-state index in [1.54, 1.807) is 12.4 Å². The molecule has 2 aromatic rings. The lowest BCUT2D eigenvalue weighted by Crippen LogP contribution is -2.04. The maximum atomic E-state index is 5.85. The number of nitrogens with zero attached hydrogens (tertiary/aromatic N) is 3. The summed E-state index contributed by atoms with van der Waals surface area (Å²) in [6, 6.07) is 3.79. The molecule has 2 rings (SSSR count). The van der Waals surface area contributed by atoms with Gasteiger partial charge in [-0.1, -0.05) is 13.8 Å². The number of nitrogens with two attached hydrogens (primary N) is 1. The fraction of sp³-hybridized carbons (Fsp3) is 0.357. The molecule has 2 heterocycles. The Kier molecular flexibility index (Phi) is 3.55. The Balaban J connectivity index is 2.45. The highest BCUT2D eigenvalue weighted by Crippen LogP contribution is 2.20. The second-order valence-corrected chi connectivity index (χ2v) is 4.90. The standard InChI is InChI=1S/C14H18N4/c1-9(2)6-11-7-13(15)18-14(17-11)12-8-16-5-4-10(12)3/h4-5,7-9H,6H2,1-3H3,(H2,15,17,18). The van der Waals surface area contributed by atoms with Crippen LogP contribution in [0.4, 0.5) is 5.82 Å². The number of anilines is 1. The number of hydrogen-bond acceptors (Lipinski definition) is 4. The molecule has 0 unspecified atom stereocenters. The molecule has 4 heteroatoms. The fourth-order valence-electron chi connectivity index (χ4n) is 1.86. The van der Waals surface area contributed by atoms with Gasteiger partial charge in [0.1, 0.15) is 5.82 Å². The minimum atomic E-state index is 0.513. The molecular formula is C14H18N4. The van der Waals surface area contributed by atoms with Crippen molar-refractivity contribution in [1.29, 1.82) is 0 Å². The molecule has 0 aliphatic rings. The summed E-state index contributed by atoms with van der Waals surface area (Å²) in [5, 5.41) is 0. The van der Waals surface area contributed by atoms with E-state index in [9.17, 15) is 0 Å². The van der Waals surface area contributed by atoms with Crippen LogP contribution in [0.1, 0.15) is 25.1 Å². The van der Waals surface area contributed by atoms with Gasteiger partial charge in [-0.15, -0.1) is 0 Å². The molecule has 0 aromatic carbocycles. The van der Waals surface area contributed by atoms with Crippen molar-refractivity contribution in [3.63, 3.8) is 0 Å². The third-order valence-electron chi connectivity index (χ3n) is 2.70. The molecule has 2 N–H and O–H groups in total. The van der Waals surface area contributed by atoms with Gasteiger partial charge in [0, 0.05) is 29.7 Å². The number of rotatable bonds is 3. The number of pyridine rings is 1. The van der Waals surface area contributed by atoms with E-state index >= 15 is 0 Å². The summed E-state index contributed by atoms with van der Waals surface area (Å²) in [5.41, 5.74) is 8.88. The van der Waals surface area contributed by atoms with Crippen LogP contribution in [0.2, 0.25) is 0 Å². The SMILES string of the molecule is Cc1ccncc1-c1nc(N)cc(CC(C)C)n1. The first kappa shape index (κ1) is 12.5. The zero-order valence-corrected chi connectivity index (χ0v) is 11.0. The minimum absolute atomic E-state index is 0.513. The molecule has 0 saturated carbocycles. The Bertz CT molecular complexity index is 549. The predicted octanol–water partition coefficient (Wildman–Crippen LogP) is 2.63. The number of aryl methyl sites for hydroxylation is 1. The van der Waals surface area contributed by atoms with Crippen LogP contribution in [0, 0.1) is 12.8 Å². The first-order chi connectivity index (χ1) is 8.56. The normalized spacial score (nSPS) is 10.9. The predicted molar refractivity (Wildman–Crippen MR) is 73.0 cm³/mol. The van der Waals surface area contributed by atoms with E-state index < -0.39 is 0 Å². The zero-order chi connectivity index (χ0) is 13.1. The van der Waals surface area contributed by atoms with Gasteiger partial charge in [-0.25, -0.2) is 9.97 Å². The second-order valence-electron chi connectivity index (χ2n) is 4.90. The van der Waals surface area contributed by atoms with Crippen LogP contribution in [0.25, 0.3) is 11.4 Å². The van der Waals surface area contributed by atoms with Crippen LogP contribution >= 0.6 is 0 Å². The van der Waals surface area contributed by atoms with Crippen molar-refractivity contribution in [2.45, 2.75) is 27.2 Å². The molecule has 18 heavy (non-hydrogen) atoms. The first-order valence-corrected chi connectivity index (χ1v) is 6.10. The van der Waals surface area contributed by atoms with E-state index in [1.807, 2.05) is 19.1 Å². The van der Waals surface area contributed by atoms with Crippen LogP contribution < -0.4 is 5.73 Å². The molecule has 0 fully saturated rings. The van der Waals surface area contributed by atoms with Crippen molar-refractivity contribution in [2.75, 3.05) is 5.73 Å². The van der Waals surface area contributed by atoms with Crippen molar-refractivity contribution >= 4 is 5.82 Å². The second kappa shape index (κ2) is 5.12. The Hall–Kier alpha value is -1.97. The van der Waals surface area contributed by atoms with Gasteiger partial charge >= 0.3 is 0 Å². The topological polar surface area (TPSA) is 64.7 Å². The van der Waals surface area contributed by atoms with E-state index in [0.29, 0.717) is 17.6 Å². The summed E-state index contributed by atoms with van der Waals surface area (Å²) in [6.45, 7) is 6.34. The summed E-state index contributed by atoms with van der Waals surface area (Å²) in [5.74, 6) is 1.72.